The predicted molar refractivity (Wildman–Crippen MR) is 95.2 cm³/mol. The number of likely N-dealkylation sites (tertiary alicyclic amines) is 1. The number of amides is 1. The van der Waals surface area contributed by atoms with Gasteiger partial charge in [0.25, 0.3) is 0 Å². The molecule has 0 bridgehead atoms. The van der Waals surface area contributed by atoms with Gasteiger partial charge in [0.2, 0.25) is 17.6 Å². The van der Waals surface area contributed by atoms with Crippen LogP contribution >= 0.6 is 0 Å². The van der Waals surface area contributed by atoms with Crippen LogP contribution in [0.1, 0.15) is 36.6 Å². The zero-order valence-corrected chi connectivity index (χ0v) is 14.5. The smallest absolute Gasteiger partial charge is 0.231 e. The highest BCUT2D eigenvalue weighted by atomic mass is 16.5. The number of H-pyrrole nitrogens is 1. The number of rotatable bonds is 5. The molecule has 0 aliphatic carbocycles. The molecule has 26 heavy (non-hydrogen) atoms. The number of benzene rings is 1. The van der Waals surface area contributed by atoms with E-state index in [0.29, 0.717) is 31.1 Å². The van der Waals surface area contributed by atoms with Crippen LogP contribution in [0.2, 0.25) is 0 Å². The average molecular weight is 351 g/mol. The third kappa shape index (κ3) is 3.66. The Bertz CT molecular complexity index is 844. The van der Waals surface area contributed by atoms with E-state index in [0.717, 1.165) is 30.5 Å². The topological polar surface area (TPSA) is 87.9 Å². The summed E-state index contributed by atoms with van der Waals surface area (Å²) in [6.07, 6.45) is 6.69. The molecule has 1 saturated heterocycles. The van der Waals surface area contributed by atoms with Gasteiger partial charge in [-0.3, -0.25) is 9.89 Å². The quantitative estimate of drug-likeness (QED) is 0.764. The summed E-state index contributed by atoms with van der Waals surface area (Å²) in [7, 11) is 0. The molecule has 1 aliphatic rings. The van der Waals surface area contributed by atoms with E-state index in [1.807, 2.05) is 41.4 Å². The number of nitrogens with one attached hydrogen (secondary N) is 1. The van der Waals surface area contributed by atoms with Crippen molar-refractivity contribution in [3.63, 3.8) is 0 Å². The number of aryl methyl sites for hydroxylation is 1. The van der Waals surface area contributed by atoms with E-state index in [-0.39, 0.29) is 11.8 Å². The lowest BCUT2D eigenvalue weighted by Crippen LogP contribution is -2.39. The van der Waals surface area contributed by atoms with Crippen molar-refractivity contribution >= 4 is 5.91 Å². The minimum Gasteiger partial charge on any atom is -0.342 e. The Labute approximate surface area is 151 Å². The van der Waals surface area contributed by atoms with Crippen molar-refractivity contribution in [1.82, 2.24) is 25.2 Å². The van der Waals surface area contributed by atoms with Gasteiger partial charge in [-0.2, -0.15) is 10.1 Å². The summed E-state index contributed by atoms with van der Waals surface area (Å²) in [5.74, 6) is 1.49. The van der Waals surface area contributed by atoms with Crippen molar-refractivity contribution in [2.75, 3.05) is 13.1 Å². The normalized spacial score (nSPS) is 17.4. The van der Waals surface area contributed by atoms with Crippen LogP contribution in [0.25, 0.3) is 11.4 Å². The summed E-state index contributed by atoms with van der Waals surface area (Å²) in [6, 6.07) is 9.78. The van der Waals surface area contributed by atoms with E-state index in [1.54, 1.807) is 6.20 Å². The maximum absolute atomic E-state index is 12.5. The minimum atomic E-state index is 0.103. The minimum absolute atomic E-state index is 0.103. The van der Waals surface area contributed by atoms with E-state index in [2.05, 4.69) is 20.3 Å². The summed E-state index contributed by atoms with van der Waals surface area (Å²) in [4.78, 5) is 19.0. The van der Waals surface area contributed by atoms with Gasteiger partial charge < -0.3 is 9.42 Å². The van der Waals surface area contributed by atoms with Crippen LogP contribution in [-0.4, -0.2) is 44.2 Å². The predicted octanol–water partition coefficient (Wildman–Crippen LogP) is 2.80. The van der Waals surface area contributed by atoms with Crippen LogP contribution in [0.4, 0.5) is 0 Å². The number of hydrogen-bond donors (Lipinski definition) is 1. The highest BCUT2D eigenvalue weighted by Gasteiger charge is 2.28. The Balaban J connectivity index is 1.39. The van der Waals surface area contributed by atoms with Crippen LogP contribution in [0.5, 0.6) is 0 Å². The fraction of sp³-hybridized carbons (Fsp3) is 0.368. The average Bonchev–Trinajstić information content (AvgIpc) is 3.39. The third-order valence-corrected chi connectivity index (χ3v) is 4.78. The Morgan fingerprint density at radius 1 is 1.31 bits per heavy atom. The van der Waals surface area contributed by atoms with Crippen molar-refractivity contribution < 1.29 is 9.32 Å². The second-order valence-corrected chi connectivity index (χ2v) is 6.61. The van der Waals surface area contributed by atoms with Crippen LogP contribution in [-0.2, 0) is 11.2 Å². The van der Waals surface area contributed by atoms with Crippen molar-refractivity contribution in [3.8, 4) is 11.4 Å². The second-order valence-electron chi connectivity index (χ2n) is 6.61. The van der Waals surface area contributed by atoms with Gasteiger partial charge in [0.1, 0.15) is 0 Å². The first-order valence-corrected chi connectivity index (χ1v) is 8.94. The molecule has 1 aliphatic heterocycles. The Morgan fingerprint density at radius 2 is 2.19 bits per heavy atom. The highest BCUT2D eigenvalue weighted by molar-refractivity contribution is 5.76. The van der Waals surface area contributed by atoms with Gasteiger partial charge in [-0.15, -0.1) is 0 Å². The second kappa shape index (κ2) is 7.51. The molecule has 7 nitrogen and oxygen atoms in total. The molecular weight excluding hydrogens is 330 g/mol. The van der Waals surface area contributed by atoms with Crippen molar-refractivity contribution in [1.29, 1.82) is 0 Å². The molecule has 1 fully saturated rings. The number of aromatic nitrogens is 4. The molecule has 7 heteroatoms. The van der Waals surface area contributed by atoms with Crippen LogP contribution < -0.4 is 0 Å². The van der Waals surface area contributed by atoms with Gasteiger partial charge in [0.05, 0.1) is 12.1 Å². The lowest BCUT2D eigenvalue weighted by molar-refractivity contribution is -0.132. The maximum Gasteiger partial charge on any atom is 0.231 e. The summed E-state index contributed by atoms with van der Waals surface area (Å²) < 4.78 is 5.49. The largest absolute Gasteiger partial charge is 0.342 e. The molecule has 2 aromatic heterocycles. The van der Waals surface area contributed by atoms with Gasteiger partial charge >= 0.3 is 0 Å². The molecule has 1 amide bonds. The van der Waals surface area contributed by atoms with Crippen molar-refractivity contribution in [3.05, 3.63) is 54.2 Å². The summed E-state index contributed by atoms with van der Waals surface area (Å²) in [5, 5.41) is 10.8. The summed E-state index contributed by atoms with van der Waals surface area (Å²) in [6.45, 7) is 1.43. The zero-order valence-electron chi connectivity index (χ0n) is 14.5. The molecule has 1 aromatic carbocycles. The monoisotopic (exact) mass is 351 g/mol. The van der Waals surface area contributed by atoms with E-state index >= 15 is 0 Å². The van der Waals surface area contributed by atoms with E-state index in [4.69, 9.17) is 4.52 Å². The van der Waals surface area contributed by atoms with Gasteiger partial charge in [-0.25, -0.2) is 0 Å². The fourth-order valence-corrected chi connectivity index (χ4v) is 3.33. The van der Waals surface area contributed by atoms with Crippen molar-refractivity contribution in [2.45, 2.75) is 31.6 Å². The molecule has 4 rings (SSSR count). The van der Waals surface area contributed by atoms with E-state index < -0.39 is 0 Å². The first-order valence-electron chi connectivity index (χ1n) is 8.94. The zero-order chi connectivity index (χ0) is 17.8. The molecule has 1 N–H and O–H groups in total. The molecule has 0 saturated carbocycles. The lowest BCUT2D eigenvalue weighted by Gasteiger charge is -2.31. The number of nitrogens with zero attached hydrogens (tertiary/aromatic N) is 4. The number of piperidine rings is 1. The fourth-order valence-electron chi connectivity index (χ4n) is 3.33. The first kappa shape index (κ1) is 16.5. The molecule has 3 heterocycles. The maximum atomic E-state index is 12.5. The van der Waals surface area contributed by atoms with E-state index in [1.165, 1.54) is 0 Å². The van der Waals surface area contributed by atoms with Crippen LogP contribution in [0.3, 0.4) is 0 Å². The Hall–Kier alpha value is -2.96. The first-order chi connectivity index (χ1) is 12.8. The number of carbonyl (C=O) groups excluding carboxylic acids is 1. The number of carbonyl (C=O) groups is 1. The Kier molecular flexibility index (Phi) is 4.77. The molecule has 0 radical (unpaired) electrons. The lowest BCUT2D eigenvalue weighted by atomic mass is 9.97. The number of hydrogen-bond acceptors (Lipinski definition) is 5. The van der Waals surface area contributed by atoms with Gasteiger partial charge in [0.15, 0.2) is 0 Å². The summed E-state index contributed by atoms with van der Waals surface area (Å²) >= 11 is 0. The molecule has 0 spiro atoms. The van der Waals surface area contributed by atoms with Crippen LogP contribution in [0.15, 0.2) is 47.2 Å². The van der Waals surface area contributed by atoms with Crippen molar-refractivity contribution in [2.24, 2.45) is 0 Å². The highest BCUT2D eigenvalue weighted by Crippen LogP contribution is 2.28. The van der Waals surface area contributed by atoms with Gasteiger partial charge in [-0.1, -0.05) is 35.5 Å². The standard InChI is InChI=1S/C19H21N5O2/c25-17(9-8-14-11-20-21-12-14)24-10-4-7-16(13-24)19-22-18(23-26-19)15-5-2-1-3-6-15/h1-3,5-6,11-12,16H,4,7-10,13H2,(H,20,21). The van der Waals surface area contributed by atoms with E-state index in [9.17, 15) is 4.79 Å². The SMILES string of the molecule is O=C(CCc1cn[nH]c1)N1CCCC(c2nc(-c3ccccc3)no2)C1. The van der Waals surface area contributed by atoms with Crippen LogP contribution in [0, 0.1) is 0 Å². The number of aromatic amines is 1. The Morgan fingerprint density at radius 3 is 3.00 bits per heavy atom. The molecule has 1 atom stereocenters. The van der Waals surface area contributed by atoms with Gasteiger partial charge in [-0.05, 0) is 24.8 Å². The molecular formula is C19H21N5O2. The summed E-state index contributed by atoms with van der Waals surface area (Å²) in [5.41, 5.74) is 1.99. The van der Waals surface area contributed by atoms with Gasteiger partial charge in [0, 0.05) is 31.3 Å². The molecule has 3 aromatic rings. The molecule has 134 valence electrons. The third-order valence-electron chi connectivity index (χ3n) is 4.78. The molecule has 1 unspecified atom stereocenters.